The van der Waals surface area contributed by atoms with Crippen LogP contribution in [0.5, 0.6) is 11.5 Å². The largest absolute Gasteiger partial charge is 0.486 e. The first kappa shape index (κ1) is 18.9. The predicted octanol–water partition coefficient (Wildman–Crippen LogP) is 1.63. The van der Waals surface area contributed by atoms with Crippen LogP contribution in [0.1, 0.15) is 0 Å². The van der Waals surface area contributed by atoms with Gasteiger partial charge in [0.1, 0.15) is 19.8 Å². The summed E-state index contributed by atoms with van der Waals surface area (Å²) in [5.74, 6) is 0.491. The van der Waals surface area contributed by atoms with E-state index in [1.165, 1.54) is 4.90 Å². The zero-order chi connectivity index (χ0) is 19.2. The van der Waals surface area contributed by atoms with Gasteiger partial charge in [-0.2, -0.15) is 0 Å². The normalized spacial score (nSPS) is 12.2. The molecule has 0 spiro atoms. The van der Waals surface area contributed by atoms with Gasteiger partial charge in [-0.1, -0.05) is 0 Å². The standard InChI is InChI=1S/C17H17BrN4O5/c1-22(17-19-3-2-4-20-17)9-16(24)27-10-15(23)21-12-8-14-13(7-11(12)18)25-5-6-26-14/h2-4,7-8H,5-6,9-10H2,1H3,(H,21,23). The molecule has 1 aliphatic heterocycles. The first-order valence-corrected chi connectivity index (χ1v) is 8.85. The highest BCUT2D eigenvalue weighted by Gasteiger charge is 2.17. The predicted molar refractivity (Wildman–Crippen MR) is 100 cm³/mol. The third kappa shape index (κ3) is 5.07. The summed E-state index contributed by atoms with van der Waals surface area (Å²) >= 11 is 3.36. The lowest BCUT2D eigenvalue weighted by Crippen LogP contribution is -2.30. The zero-order valence-corrected chi connectivity index (χ0v) is 16.1. The summed E-state index contributed by atoms with van der Waals surface area (Å²) in [5, 5.41) is 2.66. The quantitative estimate of drug-likeness (QED) is 0.681. The smallest absolute Gasteiger partial charge is 0.326 e. The van der Waals surface area contributed by atoms with Crippen LogP contribution in [0.4, 0.5) is 11.6 Å². The van der Waals surface area contributed by atoms with Crippen molar-refractivity contribution in [2.24, 2.45) is 0 Å². The highest BCUT2D eigenvalue weighted by atomic mass is 79.9. The minimum Gasteiger partial charge on any atom is -0.486 e. The van der Waals surface area contributed by atoms with Crippen molar-refractivity contribution >= 4 is 39.4 Å². The fraction of sp³-hybridized carbons (Fsp3) is 0.294. The van der Waals surface area contributed by atoms with Crippen LogP contribution >= 0.6 is 15.9 Å². The number of amides is 1. The van der Waals surface area contributed by atoms with E-state index < -0.39 is 18.5 Å². The van der Waals surface area contributed by atoms with E-state index in [1.807, 2.05) is 0 Å². The average molecular weight is 437 g/mol. The third-order valence-electron chi connectivity index (χ3n) is 3.53. The Bertz CT molecular complexity index is 834. The molecule has 0 saturated carbocycles. The van der Waals surface area contributed by atoms with Gasteiger partial charge in [0.2, 0.25) is 5.95 Å². The minimum absolute atomic E-state index is 0.0784. The molecule has 2 heterocycles. The molecule has 1 amide bonds. The van der Waals surface area contributed by atoms with E-state index in [4.69, 9.17) is 14.2 Å². The summed E-state index contributed by atoms with van der Waals surface area (Å²) in [4.78, 5) is 33.6. The molecule has 0 atom stereocenters. The maximum absolute atomic E-state index is 12.1. The van der Waals surface area contributed by atoms with E-state index in [1.54, 1.807) is 37.6 Å². The van der Waals surface area contributed by atoms with Crippen molar-refractivity contribution in [2.75, 3.05) is 43.6 Å². The fourth-order valence-corrected chi connectivity index (χ4v) is 2.71. The van der Waals surface area contributed by atoms with E-state index in [0.29, 0.717) is 40.8 Å². The molecule has 1 aliphatic rings. The number of halogens is 1. The first-order chi connectivity index (χ1) is 13.0. The number of nitrogens with one attached hydrogen (secondary N) is 1. The highest BCUT2D eigenvalue weighted by molar-refractivity contribution is 9.10. The Labute approximate surface area is 163 Å². The number of anilines is 2. The van der Waals surface area contributed by atoms with Gasteiger partial charge in [-0.3, -0.25) is 9.59 Å². The Hall–Kier alpha value is -2.88. The number of fused-ring (bicyclic) bond motifs is 1. The summed E-state index contributed by atoms with van der Waals surface area (Å²) in [6.07, 6.45) is 3.14. The molecule has 0 fully saturated rings. The number of esters is 1. The first-order valence-electron chi connectivity index (χ1n) is 8.05. The summed E-state index contributed by atoms with van der Waals surface area (Å²) in [7, 11) is 1.66. The molecule has 1 aromatic heterocycles. The van der Waals surface area contributed by atoms with Gasteiger partial charge in [0.15, 0.2) is 18.1 Å². The number of hydrogen-bond acceptors (Lipinski definition) is 8. The molecule has 27 heavy (non-hydrogen) atoms. The van der Waals surface area contributed by atoms with Crippen LogP contribution < -0.4 is 19.7 Å². The second-order valence-electron chi connectivity index (χ2n) is 5.59. The summed E-state index contributed by atoms with van der Waals surface area (Å²) in [6, 6.07) is 5.04. The molecule has 1 N–H and O–H groups in total. The fourth-order valence-electron chi connectivity index (χ4n) is 2.29. The molecule has 0 bridgehead atoms. The Morgan fingerprint density at radius 2 is 1.89 bits per heavy atom. The Morgan fingerprint density at radius 1 is 1.22 bits per heavy atom. The van der Waals surface area contributed by atoms with E-state index in [-0.39, 0.29) is 6.54 Å². The second-order valence-corrected chi connectivity index (χ2v) is 6.44. The summed E-state index contributed by atoms with van der Waals surface area (Å²) in [5.41, 5.74) is 0.495. The van der Waals surface area contributed by atoms with Crippen LogP contribution in [0.3, 0.4) is 0 Å². The van der Waals surface area contributed by atoms with Crippen LogP contribution in [0.2, 0.25) is 0 Å². The van der Waals surface area contributed by atoms with E-state index in [2.05, 4.69) is 31.2 Å². The van der Waals surface area contributed by atoms with Gasteiger partial charge in [-0.15, -0.1) is 0 Å². The van der Waals surface area contributed by atoms with Crippen molar-refractivity contribution in [1.29, 1.82) is 0 Å². The Morgan fingerprint density at radius 3 is 2.59 bits per heavy atom. The van der Waals surface area contributed by atoms with Crippen LogP contribution in [0.25, 0.3) is 0 Å². The maximum atomic E-state index is 12.1. The molecule has 0 unspecified atom stereocenters. The number of likely N-dealkylation sites (N-methyl/N-ethyl adjacent to an activating group) is 1. The van der Waals surface area contributed by atoms with Crippen molar-refractivity contribution in [1.82, 2.24) is 9.97 Å². The minimum atomic E-state index is -0.568. The highest BCUT2D eigenvalue weighted by Crippen LogP contribution is 2.38. The lowest BCUT2D eigenvalue weighted by atomic mass is 10.2. The number of aromatic nitrogens is 2. The summed E-state index contributed by atoms with van der Waals surface area (Å²) < 4.78 is 16.6. The molecular weight excluding hydrogens is 420 g/mol. The topological polar surface area (TPSA) is 103 Å². The average Bonchev–Trinajstić information content (AvgIpc) is 2.67. The van der Waals surface area contributed by atoms with Gasteiger partial charge in [-0.25, -0.2) is 9.97 Å². The van der Waals surface area contributed by atoms with Crippen molar-refractivity contribution in [2.45, 2.75) is 0 Å². The Balaban J connectivity index is 1.50. The van der Waals surface area contributed by atoms with Crippen molar-refractivity contribution in [3.05, 3.63) is 35.1 Å². The number of ether oxygens (including phenoxy) is 3. The number of rotatable bonds is 6. The molecular formula is C17H17BrN4O5. The third-order valence-corrected chi connectivity index (χ3v) is 4.19. The van der Waals surface area contributed by atoms with Crippen molar-refractivity contribution < 1.29 is 23.8 Å². The number of carbonyl (C=O) groups is 2. The molecule has 10 heteroatoms. The van der Waals surface area contributed by atoms with Crippen LogP contribution in [0, 0.1) is 0 Å². The van der Waals surface area contributed by atoms with Gasteiger partial charge in [0.25, 0.3) is 5.91 Å². The van der Waals surface area contributed by atoms with Crippen molar-refractivity contribution in [3.8, 4) is 11.5 Å². The number of nitrogens with zero attached hydrogens (tertiary/aromatic N) is 3. The molecule has 0 radical (unpaired) electrons. The lowest BCUT2D eigenvalue weighted by molar-refractivity contribution is -0.145. The Kier molecular flexibility index (Phi) is 6.07. The van der Waals surface area contributed by atoms with Crippen LogP contribution in [-0.4, -0.2) is 55.3 Å². The number of carbonyl (C=O) groups excluding carboxylic acids is 2. The lowest BCUT2D eigenvalue weighted by Gasteiger charge is -2.20. The molecule has 1 aromatic carbocycles. The van der Waals surface area contributed by atoms with Crippen LogP contribution in [0.15, 0.2) is 35.1 Å². The molecule has 0 saturated heterocycles. The van der Waals surface area contributed by atoms with Gasteiger partial charge in [0.05, 0.1) is 5.69 Å². The zero-order valence-electron chi connectivity index (χ0n) is 14.5. The van der Waals surface area contributed by atoms with Gasteiger partial charge < -0.3 is 24.4 Å². The molecule has 3 rings (SSSR count). The number of benzene rings is 1. The molecule has 0 aliphatic carbocycles. The molecule has 9 nitrogen and oxygen atoms in total. The van der Waals surface area contributed by atoms with E-state index in [0.717, 1.165) is 0 Å². The van der Waals surface area contributed by atoms with Gasteiger partial charge in [0, 0.05) is 36.0 Å². The molecule has 2 aromatic rings. The number of hydrogen-bond donors (Lipinski definition) is 1. The van der Waals surface area contributed by atoms with E-state index in [9.17, 15) is 9.59 Å². The SMILES string of the molecule is CN(CC(=O)OCC(=O)Nc1cc2c(cc1Br)OCCO2)c1ncccn1. The molecule has 142 valence electrons. The van der Waals surface area contributed by atoms with Gasteiger partial charge >= 0.3 is 5.97 Å². The van der Waals surface area contributed by atoms with Crippen molar-refractivity contribution in [3.63, 3.8) is 0 Å². The van der Waals surface area contributed by atoms with Gasteiger partial charge in [-0.05, 0) is 22.0 Å². The summed E-state index contributed by atoms with van der Waals surface area (Å²) in [6.45, 7) is 0.427. The van der Waals surface area contributed by atoms with Crippen LogP contribution in [-0.2, 0) is 14.3 Å². The monoisotopic (exact) mass is 436 g/mol. The second kappa shape index (κ2) is 8.67. The van der Waals surface area contributed by atoms with E-state index >= 15 is 0 Å². The maximum Gasteiger partial charge on any atom is 0.326 e.